The molecule has 1 unspecified atom stereocenters. The van der Waals surface area contributed by atoms with Crippen LogP contribution in [0.4, 0.5) is 10.8 Å². The van der Waals surface area contributed by atoms with Gasteiger partial charge in [-0.25, -0.2) is 4.98 Å². The van der Waals surface area contributed by atoms with Crippen LogP contribution in [0.25, 0.3) is 11.3 Å². The van der Waals surface area contributed by atoms with E-state index in [4.69, 9.17) is 10.7 Å². The van der Waals surface area contributed by atoms with Gasteiger partial charge in [-0.3, -0.25) is 9.69 Å². The lowest BCUT2D eigenvalue weighted by molar-refractivity contribution is -0.115. The number of rotatable bonds is 4. The van der Waals surface area contributed by atoms with Crippen molar-refractivity contribution in [3.63, 3.8) is 0 Å². The van der Waals surface area contributed by atoms with E-state index in [0.29, 0.717) is 22.3 Å². The second-order valence-electron chi connectivity index (χ2n) is 7.49. The minimum Gasteiger partial charge on any atom is -0.508 e. The third-order valence-electron chi connectivity index (χ3n) is 5.03. The molecule has 5 nitrogen and oxygen atoms in total. The number of carbonyl (C=O) groups is 1. The molecule has 4 rings (SSSR count). The summed E-state index contributed by atoms with van der Waals surface area (Å²) < 4.78 is 0. The van der Waals surface area contributed by atoms with E-state index >= 15 is 0 Å². The summed E-state index contributed by atoms with van der Waals surface area (Å²) in [5, 5.41) is 12.8. The van der Waals surface area contributed by atoms with E-state index in [1.54, 1.807) is 22.7 Å². The van der Waals surface area contributed by atoms with E-state index in [9.17, 15) is 9.90 Å². The van der Waals surface area contributed by atoms with Crippen molar-refractivity contribution in [2.45, 2.75) is 32.1 Å². The lowest BCUT2D eigenvalue weighted by Crippen LogP contribution is -2.27. The number of nitrogens with zero attached hydrogens (tertiary/aromatic N) is 2. The normalized spacial score (nSPS) is 16.8. The fourth-order valence-corrected chi connectivity index (χ4v) is 5.62. The summed E-state index contributed by atoms with van der Waals surface area (Å²) in [4.78, 5) is 19.2. The number of hydrogen-bond acceptors (Lipinski definition) is 6. The largest absolute Gasteiger partial charge is 0.508 e. The number of amides is 1. The van der Waals surface area contributed by atoms with Crippen LogP contribution in [0.1, 0.15) is 41.8 Å². The highest BCUT2D eigenvalue weighted by molar-refractivity contribution is 8.00. The summed E-state index contributed by atoms with van der Waals surface area (Å²) in [7, 11) is 0. The molecule has 0 spiro atoms. The van der Waals surface area contributed by atoms with Crippen LogP contribution in [0.15, 0.2) is 41.8 Å². The molecule has 1 aromatic heterocycles. The summed E-state index contributed by atoms with van der Waals surface area (Å²) in [5.74, 6) is 0.986. The van der Waals surface area contributed by atoms with Crippen molar-refractivity contribution in [3.05, 3.63) is 58.5 Å². The fraction of sp³-hybridized carbons (Fsp3) is 0.273. The van der Waals surface area contributed by atoms with Crippen LogP contribution in [-0.4, -0.2) is 21.8 Å². The Hall–Kier alpha value is -2.51. The molecule has 0 saturated carbocycles. The first-order valence-electron chi connectivity index (χ1n) is 9.43. The Morgan fingerprint density at radius 1 is 1.28 bits per heavy atom. The molecule has 2 heterocycles. The van der Waals surface area contributed by atoms with Crippen molar-refractivity contribution in [2.75, 3.05) is 16.4 Å². The lowest BCUT2D eigenvalue weighted by atomic mass is 9.95. The van der Waals surface area contributed by atoms with Gasteiger partial charge in [-0.1, -0.05) is 26.0 Å². The lowest BCUT2D eigenvalue weighted by Gasteiger charge is -2.21. The Labute approximate surface area is 178 Å². The van der Waals surface area contributed by atoms with Crippen molar-refractivity contribution in [3.8, 4) is 17.0 Å². The van der Waals surface area contributed by atoms with Gasteiger partial charge in [-0.15, -0.1) is 23.1 Å². The first kappa shape index (κ1) is 19.8. The number of carbonyl (C=O) groups excluding carboxylic acids is 1. The zero-order valence-corrected chi connectivity index (χ0v) is 18.2. The zero-order valence-electron chi connectivity index (χ0n) is 16.5. The standard InChI is InChI=1S/C22H23N3O2S2/c1-12(2)16-9-17(13(3)7-19(16)26)18-10-29-22(24-18)25-20(27)11-28-21(25)14-5-4-6-15(23)8-14/h4-10,12,21,26H,11,23H2,1-3H3. The molecule has 0 bridgehead atoms. The van der Waals surface area contributed by atoms with Gasteiger partial charge in [0.15, 0.2) is 5.13 Å². The summed E-state index contributed by atoms with van der Waals surface area (Å²) in [6.45, 7) is 6.07. The van der Waals surface area contributed by atoms with E-state index in [-0.39, 0.29) is 17.2 Å². The highest BCUT2D eigenvalue weighted by atomic mass is 32.2. The van der Waals surface area contributed by atoms with Crippen molar-refractivity contribution >= 4 is 39.8 Å². The van der Waals surface area contributed by atoms with E-state index in [2.05, 4.69) is 13.8 Å². The molecule has 29 heavy (non-hydrogen) atoms. The smallest absolute Gasteiger partial charge is 0.240 e. The highest BCUT2D eigenvalue weighted by Crippen LogP contribution is 2.44. The second kappa shape index (κ2) is 7.72. The third kappa shape index (κ3) is 3.72. The molecule has 1 aliphatic heterocycles. The zero-order chi connectivity index (χ0) is 20.7. The number of aryl methyl sites for hydroxylation is 1. The molecule has 1 aliphatic rings. The van der Waals surface area contributed by atoms with Gasteiger partial charge in [0.25, 0.3) is 0 Å². The molecule has 150 valence electrons. The molecule has 3 aromatic rings. The van der Waals surface area contributed by atoms with Crippen LogP contribution in [0.5, 0.6) is 5.75 Å². The number of phenols is 1. The quantitative estimate of drug-likeness (QED) is 0.554. The van der Waals surface area contributed by atoms with Crippen LogP contribution in [-0.2, 0) is 4.79 Å². The monoisotopic (exact) mass is 425 g/mol. The third-order valence-corrected chi connectivity index (χ3v) is 7.09. The molecular formula is C22H23N3O2S2. The number of thiazole rings is 1. The highest BCUT2D eigenvalue weighted by Gasteiger charge is 2.36. The summed E-state index contributed by atoms with van der Waals surface area (Å²) >= 11 is 3.05. The summed E-state index contributed by atoms with van der Waals surface area (Å²) in [5.41, 5.74) is 11.3. The van der Waals surface area contributed by atoms with Gasteiger partial charge in [-0.05, 0) is 53.8 Å². The van der Waals surface area contributed by atoms with E-state index in [1.807, 2.05) is 42.6 Å². The van der Waals surface area contributed by atoms with Crippen molar-refractivity contribution < 1.29 is 9.90 Å². The average molecular weight is 426 g/mol. The summed E-state index contributed by atoms with van der Waals surface area (Å²) in [6, 6.07) is 11.5. The van der Waals surface area contributed by atoms with E-state index < -0.39 is 0 Å². The maximum absolute atomic E-state index is 12.7. The molecule has 3 N–H and O–H groups in total. The molecule has 1 fully saturated rings. The Morgan fingerprint density at radius 3 is 2.79 bits per heavy atom. The Bertz CT molecular complexity index is 1080. The second-order valence-corrected chi connectivity index (χ2v) is 9.40. The molecule has 7 heteroatoms. The number of benzene rings is 2. The maximum atomic E-state index is 12.7. The average Bonchev–Trinajstić information content (AvgIpc) is 3.28. The van der Waals surface area contributed by atoms with Crippen LogP contribution >= 0.6 is 23.1 Å². The van der Waals surface area contributed by atoms with Crippen LogP contribution in [0.3, 0.4) is 0 Å². The van der Waals surface area contributed by atoms with Gasteiger partial charge in [0.2, 0.25) is 5.91 Å². The predicted octanol–water partition coefficient (Wildman–Crippen LogP) is 5.31. The number of thioether (sulfide) groups is 1. The Balaban J connectivity index is 1.72. The van der Waals surface area contributed by atoms with E-state index in [1.165, 1.54) is 11.3 Å². The number of aromatic hydroxyl groups is 1. The van der Waals surface area contributed by atoms with Crippen LogP contribution < -0.4 is 10.6 Å². The molecule has 0 aliphatic carbocycles. The molecular weight excluding hydrogens is 402 g/mol. The van der Waals surface area contributed by atoms with Crippen molar-refractivity contribution in [1.29, 1.82) is 0 Å². The molecule has 1 amide bonds. The number of nitrogens with two attached hydrogens (primary N) is 1. The first-order chi connectivity index (χ1) is 13.8. The van der Waals surface area contributed by atoms with Gasteiger partial charge >= 0.3 is 0 Å². The molecule has 0 radical (unpaired) electrons. The molecule has 1 saturated heterocycles. The molecule has 1 atom stereocenters. The van der Waals surface area contributed by atoms with Crippen molar-refractivity contribution in [1.82, 2.24) is 4.98 Å². The minimum atomic E-state index is -0.128. The van der Waals surface area contributed by atoms with Crippen LogP contribution in [0, 0.1) is 6.92 Å². The SMILES string of the molecule is Cc1cc(O)c(C(C)C)cc1-c1csc(N2C(=O)CSC2c2cccc(N)c2)n1. The van der Waals surface area contributed by atoms with Gasteiger partial charge in [0.05, 0.1) is 11.4 Å². The minimum absolute atomic E-state index is 0.0496. The van der Waals surface area contributed by atoms with Crippen LogP contribution in [0.2, 0.25) is 0 Å². The Morgan fingerprint density at radius 2 is 2.07 bits per heavy atom. The first-order valence-corrected chi connectivity index (χ1v) is 11.4. The Kier molecular flexibility index (Phi) is 5.27. The predicted molar refractivity (Wildman–Crippen MR) is 122 cm³/mol. The number of nitrogen functional groups attached to an aromatic ring is 1. The van der Waals surface area contributed by atoms with E-state index in [0.717, 1.165) is 27.9 Å². The number of phenolic OH excluding ortho intramolecular Hbond substituents is 1. The van der Waals surface area contributed by atoms with Gasteiger partial charge in [0.1, 0.15) is 11.1 Å². The summed E-state index contributed by atoms with van der Waals surface area (Å²) in [6.07, 6.45) is 0. The van der Waals surface area contributed by atoms with Crippen molar-refractivity contribution in [2.24, 2.45) is 0 Å². The van der Waals surface area contributed by atoms with Gasteiger partial charge in [-0.2, -0.15) is 0 Å². The maximum Gasteiger partial charge on any atom is 0.240 e. The molecule has 2 aromatic carbocycles. The van der Waals surface area contributed by atoms with Gasteiger partial charge in [0, 0.05) is 16.6 Å². The number of hydrogen-bond donors (Lipinski definition) is 2. The fourth-order valence-electron chi connectivity index (χ4n) is 3.54. The number of anilines is 2. The topological polar surface area (TPSA) is 79.5 Å². The number of aromatic nitrogens is 1. The van der Waals surface area contributed by atoms with Gasteiger partial charge < -0.3 is 10.8 Å².